The second-order valence-electron chi connectivity index (χ2n) is 5.88. The number of aryl methyl sites for hydroxylation is 1. The summed E-state index contributed by atoms with van der Waals surface area (Å²) in [4.78, 5) is 3.53. The van der Waals surface area contributed by atoms with Gasteiger partial charge in [0.05, 0.1) is 11.7 Å². The zero-order chi connectivity index (χ0) is 16.4. The molecule has 1 N–H and O–H groups in total. The van der Waals surface area contributed by atoms with Crippen molar-refractivity contribution in [1.29, 1.82) is 0 Å². The van der Waals surface area contributed by atoms with Crippen molar-refractivity contribution in [2.45, 2.75) is 31.6 Å². The quantitative estimate of drug-likeness (QED) is 0.723. The van der Waals surface area contributed by atoms with Crippen LogP contribution in [0, 0.1) is 6.92 Å². The highest BCUT2D eigenvalue weighted by atomic mass is 19.4. The molecule has 3 aromatic rings. The lowest BCUT2D eigenvalue weighted by molar-refractivity contribution is -0.141. The normalized spacial score (nSPS) is 16.9. The summed E-state index contributed by atoms with van der Waals surface area (Å²) in [6.07, 6.45) is -1.80. The van der Waals surface area contributed by atoms with Gasteiger partial charge in [0.2, 0.25) is 0 Å². The minimum atomic E-state index is -4.61. The van der Waals surface area contributed by atoms with Gasteiger partial charge in [-0.05, 0) is 37.5 Å². The van der Waals surface area contributed by atoms with E-state index in [-0.39, 0.29) is 18.7 Å². The molecule has 1 aromatic carbocycles. The summed E-state index contributed by atoms with van der Waals surface area (Å²) in [5, 5.41) is 7.49. The Morgan fingerprint density at radius 3 is 2.65 bits per heavy atom. The number of nitrogens with zero attached hydrogens (tertiary/aromatic N) is 3. The number of benzene rings is 1. The summed E-state index contributed by atoms with van der Waals surface area (Å²) in [6, 6.07) is 3.36. The van der Waals surface area contributed by atoms with Crippen molar-refractivity contribution < 1.29 is 17.6 Å². The predicted molar refractivity (Wildman–Crippen MR) is 75.0 cm³/mol. The third-order valence-corrected chi connectivity index (χ3v) is 4.10. The zero-order valence-electron chi connectivity index (χ0n) is 12.1. The lowest BCUT2D eigenvalue weighted by atomic mass is 10.1. The summed E-state index contributed by atoms with van der Waals surface area (Å²) in [6.45, 7) is 1.81. The molecule has 8 heteroatoms. The molecule has 2 aromatic heterocycles. The molecule has 120 valence electrons. The Kier molecular flexibility index (Phi) is 2.68. The van der Waals surface area contributed by atoms with Gasteiger partial charge in [0.1, 0.15) is 0 Å². The molecule has 1 saturated carbocycles. The molecule has 0 unspecified atom stereocenters. The number of alkyl halides is 4. The molecule has 4 rings (SSSR count). The number of H-pyrrole nitrogens is 1. The number of rotatable bonds is 2. The fraction of sp³-hybridized carbons (Fsp3) is 0.333. The SMILES string of the molecule is Cc1cc(-n2cc(C(F)(F)F)nc2C2(F)CC2)cc2cn[nH]c12. The lowest BCUT2D eigenvalue weighted by Crippen LogP contribution is -2.09. The maximum atomic E-state index is 14.5. The predicted octanol–water partition coefficient (Wildman–Crippen LogP) is 4.03. The first-order chi connectivity index (χ1) is 10.8. The molecule has 0 spiro atoms. The molecule has 1 aliphatic rings. The molecule has 4 nitrogen and oxygen atoms in total. The molecule has 0 bridgehead atoms. The van der Waals surface area contributed by atoms with Gasteiger partial charge in [0, 0.05) is 17.3 Å². The number of nitrogens with one attached hydrogen (secondary N) is 1. The molecular weight excluding hydrogens is 312 g/mol. The first-order valence-corrected chi connectivity index (χ1v) is 7.08. The van der Waals surface area contributed by atoms with Crippen LogP contribution in [0.1, 0.15) is 29.9 Å². The molecule has 0 atom stereocenters. The van der Waals surface area contributed by atoms with E-state index in [1.807, 2.05) is 6.92 Å². The van der Waals surface area contributed by atoms with E-state index in [1.165, 1.54) is 4.57 Å². The van der Waals surface area contributed by atoms with Crippen LogP contribution in [0.2, 0.25) is 0 Å². The standard InChI is InChI=1S/C15H12F4N4/c1-8-4-10(5-9-6-20-22-12(8)9)23-7-11(15(17,18)19)21-13(23)14(16)2-3-14/h4-7H,2-3H2,1H3,(H,20,22). The van der Waals surface area contributed by atoms with Gasteiger partial charge in [0.25, 0.3) is 0 Å². The maximum absolute atomic E-state index is 14.5. The highest BCUT2D eigenvalue weighted by molar-refractivity contribution is 5.83. The monoisotopic (exact) mass is 324 g/mol. The Labute approximate surface area is 128 Å². The van der Waals surface area contributed by atoms with Crippen molar-refractivity contribution in [1.82, 2.24) is 19.7 Å². The number of aromatic amines is 1. The van der Waals surface area contributed by atoms with E-state index >= 15 is 0 Å². The van der Waals surface area contributed by atoms with E-state index in [1.54, 1.807) is 18.3 Å². The average molecular weight is 324 g/mol. The Balaban J connectivity index is 1.94. The van der Waals surface area contributed by atoms with Gasteiger partial charge in [-0.15, -0.1) is 0 Å². The summed E-state index contributed by atoms with van der Waals surface area (Å²) in [5.74, 6) is -0.188. The van der Waals surface area contributed by atoms with E-state index in [0.29, 0.717) is 5.69 Å². The van der Waals surface area contributed by atoms with Crippen LogP contribution >= 0.6 is 0 Å². The smallest absolute Gasteiger partial charge is 0.300 e. The van der Waals surface area contributed by atoms with Gasteiger partial charge in [0.15, 0.2) is 17.2 Å². The third-order valence-electron chi connectivity index (χ3n) is 4.10. The Bertz CT molecular complexity index is 902. The van der Waals surface area contributed by atoms with Crippen LogP contribution in [0.15, 0.2) is 24.5 Å². The summed E-state index contributed by atoms with van der Waals surface area (Å²) >= 11 is 0. The van der Waals surface area contributed by atoms with Crippen LogP contribution < -0.4 is 0 Å². The van der Waals surface area contributed by atoms with Crippen LogP contribution in [0.3, 0.4) is 0 Å². The van der Waals surface area contributed by atoms with Crippen molar-refractivity contribution >= 4 is 10.9 Å². The molecule has 0 amide bonds. The van der Waals surface area contributed by atoms with E-state index in [0.717, 1.165) is 22.7 Å². The minimum absolute atomic E-state index is 0.188. The van der Waals surface area contributed by atoms with Crippen molar-refractivity contribution in [3.8, 4) is 5.69 Å². The molecule has 0 aliphatic heterocycles. The average Bonchev–Trinajstić information content (AvgIpc) is 2.95. The van der Waals surface area contributed by atoms with Crippen LogP contribution in [-0.2, 0) is 11.8 Å². The summed E-state index contributed by atoms with van der Waals surface area (Å²) in [5.41, 5.74) is -0.803. The fourth-order valence-corrected chi connectivity index (χ4v) is 2.72. The van der Waals surface area contributed by atoms with Crippen molar-refractivity contribution in [3.63, 3.8) is 0 Å². The molecule has 23 heavy (non-hydrogen) atoms. The second-order valence-corrected chi connectivity index (χ2v) is 5.88. The largest absolute Gasteiger partial charge is 0.434 e. The van der Waals surface area contributed by atoms with Gasteiger partial charge in [-0.2, -0.15) is 18.3 Å². The first kappa shape index (κ1) is 14.2. The van der Waals surface area contributed by atoms with Gasteiger partial charge >= 0.3 is 6.18 Å². The third kappa shape index (κ3) is 2.20. The minimum Gasteiger partial charge on any atom is -0.300 e. The van der Waals surface area contributed by atoms with E-state index in [2.05, 4.69) is 15.2 Å². The second kappa shape index (κ2) is 4.33. The van der Waals surface area contributed by atoms with E-state index in [4.69, 9.17) is 0 Å². The molecule has 1 aliphatic carbocycles. The van der Waals surface area contributed by atoms with Gasteiger partial charge in [-0.25, -0.2) is 9.37 Å². The number of halogens is 4. The molecule has 1 fully saturated rings. The van der Waals surface area contributed by atoms with E-state index in [9.17, 15) is 17.6 Å². The topological polar surface area (TPSA) is 46.5 Å². The van der Waals surface area contributed by atoms with Gasteiger partial charge < -0.3 is 4.57 Å². The van der Waals surface area contributed by atoms with Crippen LogP contribution in [0.4, 0.5) is 17.6 Å². The Hall–Kier alpha value is -2.38. The highest BCUT2D eigenvalue weighted by Gasteiger charge is 2.50. The highest BCUT2D eigenvalue weighted by Crippen LogP contribution is 2.50. The fourth-order valence-electron chi connectivity index (χ4n) is 2.72. The Morgan fingerprint density at radius 1 is 1.26 bits per heavy atom. The first-order valence-electron chi connectivity index (χ1n) is 7.08. The zero-order valence-corrected chi connectivity index (χ0v) is 12.1. The molecular formula is C15H12F4N4. The van der Waals surface area contributed by atoms with Crippen LogP contribution in [0.25, 0.3) is 16.6 Å². The summed E-state index contributed by atoms with van der Waals surface area (Å²) < 4.78 is 54.6. The van der Waals surface area contributed by atoms with Crippen molar-refractivity contribution in [3.05, 3.63) is 41.6 Å². The van der Waals surface area contributed by atoms with Crippen LogP contribution in [-0.4, -0.2) is 19.7 Å². The number of aromatic nitrogens is 4. The van der Waals surface area contributed by atoms with Crippen molar-refractivity contribution in [2.75, 3.05) is 0 Å². The Morgan fingerprint density at radius 2 is 2.00 bits per heavy atom. The van der Waals surface area contributed by atoms with Gasteiger partial charge in [-0.3, -0.25) is 5.10 Å². The number of fused-ring (bicyclic) bond motifs is 1. The lowest BCUT2D eigenvalue weighted by Gasteiger charge is -2.11. The number of hydrogen-bond acceptors (Lipinski definition) is 2. The van der Waals surface area contributed by atoms with Crippen molar-refractivity contribution in [2.24, 2.45) is 0 Å². The van der Waals surface area contributed by atoms with Gasteiger partial charge in [-0.1, -0.05) is 0 Å². The molecule has 0 saturated heterocycles. The maximum Gasteiger partial charge on any atom is 0.434 e. The molecule has 2 heterocycles. The molecule has 0 radical (unpaired) electrons. The van der Waals surface area contributed by atoms with Crippen LogP contribution in [0.5, 0.6) is 0 Å². The number of imidazole rings is 1. The number of hydrogen-bond donors (Lipinski definition) is 1. The van der Waals surface area contributed by atoms with E-state index < -0.39 is 17.5 Å². The summed E-state index contributed by atoms with van der Waals surface area (Å²) in [7, 11) is 0.